The molecular weight excluding hydrogens is 352 g/mol. The van der Waals surface area contributed by atoms with Crippen LogP contribution in [0.3, 0.4) is 0 Å². The number of aromatic nitrogens is 2. The number of anilines is 1. The van der Waals surface area contributed by atoms with Crippen LogP contribution in [0, 0.1) is 25.7 Å². The fourth-order valence-corrected chi connectivity index (χ4v) is 4.56. The highest BCUT2D eigenvalue weighted by molar-refractivity contribution is 5.83. The first-order chi connectivity index (χ1) is 13.5. The normalized spacial score (nSPS) is 23.2. The van der Waals surface area contributed by atoms with Crippen molar-refractivity contribution in [1.29, 1.82) is 0 Å². The molecule has 0 bridgehead atoms. The van der Waals surface area contributed by atoms with E-state index in [0.717, 1.165) is 61.3 Å². The average molecular weight is 383 g/mol. The molecular formula is C22H30N4O2. The van der Waals surface area contributed by atoms with Crippen LogP contribution < -0.4 is 4.90 Å². The summed E-state index contributed by atoms with van der Waals surface area (Å²) in [6, 6.07) is 6.27. The first-order valence-electron chi connectivity index (χ1n) is 10.4. The maximum Gasteiger partial charge on any atom is 0.227 e. The minimum absolute atomic E-state index is 0.0108. The number of nitrogens with zero attached hydrogens (tertiary/aromatic N) is 4. The number of hydrogen-bond donors (Lipinski definition) is 1. The Morgan fingerprint density at radius 3 is 2.79 bits per heavy atom. The maximum atomic E-state index is 13.1. The average Bonchev–Trinajstić information content (AvgIpc) is 2.73. The molecule has 2 aromatic rings. The molecule has 2 saturated heterocycles. The third kappa shape index (κ3) is 3.83. The fraction of sp³-hybridized carbons (Fsp3) is 0.591. The molecule has 1 N–H and O–H groups in total. The van der Waals surface area contributed by atoms with E-state index in [4.69, 9.17) is 9.97 Å². The molecule has 0 spiro atoms. The van der Waals surface area contributed by atoms with E-state index in [1.807, 2.05) is 11.8 Å². The summed E-state index contributed by atoms with van der Waals surface area (Å²) in [5.74, 6) is 1.19. The van der Waals surface area contributed by atoms with Crippen molar-refractivity contribution >= 4 is 22.8 Å². The van der Waals surface area contributed by atoms with E-state index in [1.54, 1.807) is 0 Å². The van der Waals surface area contributed by atoms with Gasteiger partial charge in [0, 0.05) is 38.2 Å². The molecule has 0 radical (unpaired) electrons. The van der Waals surface area contributed by atoms with Crippen LogP contribution in [0.4, 0.5) is 5.95 Å². The smallest absolute Gasteiger partial charge is 0.227 e. The highest BCUT2D eigenvalue weighted by Crippen LogP contribution is 2.27. The second kappa shape index (κ2) is 8.03. The van der Waals surface area contributed by atoms with Crippen molar-refractivity contribution in [2.45, 2.75) is 39.5 Å². The van der Waals surface area contributed by atoms with Crippen LogP contribution >= 0.6 is 0 Å². The van der Waals surface area contributed by atoms with E-state index in [0.29, 0.717) is 13.1 Å². The van der Waals surface area contributed by atoms with Crippen molar-refractivity contribution in [1.82, 2.24) is 14.9 Å². The Labute approximate surface area is 166 Å². The number of benzene rings is 1. The van der Waals surface area contributed by atoms with Gasteiger partial charge in [0.1, 0.15) is 0 Å². The number of carbonyl (C=O) groups is 1. The van der Waals surface area contributed by atoms with Crippen LogP contribution in [0.1, 0.15) is 36.9 Å². The number of carbonyl (C=O) groups excluding carboxylic acids is 1. The van der Waals surface area contributed by atoms with Crippen LogP contribution in [0.15, 0.2) is 18.2 Å². The molecule has 2 unspecified atom stereocenters. The van der Waals surface area contributed by atoms with Crippen LogP contribution in [-0.4, -0.2) is 58.7 Å². The summed E-state index contributed by atoms with van der Waals surface area (Å²) in [4.78, 5) is 26.8. The van der Waals surface area contributed by atoms with Gasteiger partial charge >= 0.3 is 0 Å². The Bertz CT molecular complexity index is 869. The van der Waals surface area contributed by atoms with Gasteiger partial charge in [-0.05, 0) is 57.1 Å². The molecule has 2 fully saturated rings. The van der Waals surface area contributed by atoms with Gasteiger partial charge in [-0.15, -0.1) is 0 Å². The van der Waals surface area contributed by atoms with Crippen molar-refractivity contribution in [2.24, 2.45) is 11.8 Å². The van der Waals surface area contributed by atoms with Gasteiger partial charge in [-0.1, -0.05) is 12.1 Å². The molecule has 0 aliphatic carbocycles. The summed E-state index contributed by atoms with van der Waals surface area (Å²) < 4.78 is 0. The van der Waals surface area contributed by atoms with E-state index in [9.17, 15) is 9.90 Å². The Morgan fingerprint density at radius 2 is 1.96 bits per heavy atom. The molecule has 4 rings (SSSR count). The molecule has 1 aromatic heterocycles. The summed E-state index contributed by atoms with van der Waals surface area (Å²) in [5, 5.41) is 10.5. The van der Waals surface area contributed by atoms with Gasteiger partial charge in [0.25, 0.3) is 0 Å². The largest absolute Gasteiger partial charge is 0.396 e. The molecule has 3 heterocycles. The number of likely N-dealkylation sites (tertiary alicyclic amines) is 1. The molecule has 28 heavy (non-hydrogen) atoms. The second-order valence-electron chi connectivity index (χ2n) is 8.39. The maximum absolute atomic E-state index is 13.1. The number of fused-ring (bicyclic) bond motifs is 1. The zero-order valence-corrected chi connectivity index (χ0v) is 16.9. The molecule has 6 heteroatoms. The second-order valence-corrected chi connectivity index (χ2v) is 8.39. The van der Waals surface area contributed by atoms with Crippen molar-refractivity contribution in [3.63, 3.8) is 0 Å². The Morgan fingerprint density at radius 1 is 1.14 bits per heavy atom. The number of piperidine rings is 2. The van der Waals surface area contributed by atoms with E-state index in [2.05, 4.69) is 30.0 Å². The van der Waals surface area contributed by atoms with Gasteiger partial charge in [-0.25, -0.2) is 9.97 Å². The highest BCUT2D eigenvalue weighted by atomic mass is 16.3. The third-order valence-corrected chi connectivity index (χ3v) is 6.17. The van der Waals surface area contributed by atoms with Crippen molar-refractivity contribution in [3.05, 3.63) is 29.5 Å². The summed E-state index contributed by atoms with van der Waals surface area (Å²) in [5.41, 5.74) is 3.14. The molecule has 2 aliphatic rings. The summed E-state index contributed by atoms with van der Waals surface area (Å²) in [6.45, 7) is 7.34. The zero-order valence-electron chi connectivity index (χ0n) is 16.9. The van der Waals surface area contributed by atoms with Crippen molar-refractivity contribution < 1.29 is 9.90 Å². The van der Waals surface area contributed by atoms with Gasteiger partial charge in [-0.3, -0.25) is 4.79 Å². The van der Waals surface area contributed by atoms with Gasteiger partial charge in [-0.2, -0.15) is 0 Å². The Hall–Kier alpha value is -2.21. The van der Waals surface area contributed by atoms with Gasteiger partial charge in [0.15, 0.2) is 0 Å². The number of aliphatic hydroxyl groups excluding tert-OH is 1. The van der Waals surface area contributed by atoms with Crippen LogP contribution in [0.2, 0.25) is 0 Å². The lowest BCUT2D eigenvalue weighted by molar-refractivity contribution is -0.138. The number of hydrogen-bond acceptors (Lipinski definition) is 5. The quantitative estimate of drug-likeness (QED) is 0.884. The third-order valence-electron chi connectivity index (χ3n) is 6.17. The van der Waals surface area contributed by atoms with Gasteiger partial charge in [0.2, 0.25) is 11.9 Å². The summed E-state index contributed by atoms with van der Waals surface area (Å²) in [6.07, 6.45) is 3.89. The van der Waals surface area contributed by atoms with Crippen molar-refractivity contribution in [3.8, 4) is 0 Å². The van der Waals surface area contributed by atoms with Crippen LogP contribution in [-0.2, 0) is 4.79 Å². The number of aryl methyl sites for hydroxylation is 2. The first kappa shape index (κ1) is 19.1. The molecule has 1 aromatic carbocycles. The number of amides is 1. The monoisotopic (exact) mass is 382 g/mol. The van der Waals surface area contributed by atoms with E-state index < -0.39 is 0 Å². The van der Waals surface area contributed by atoms with E-state index in [1.165, 1.54) is 5.56 Å². The lowest BCUT2D eigenvalue weighted by atomic mass is 9.93. The van der Waals surface area contributed by atoms with Crippen LogP contribution in [0.5, 0.6) is 0 Å². The summed E-state index contributed by atoms with van der Waals surface area (Å²) in [7, 11) is 0. The molecule has 150 valence electrons. The Balaban J connectivity index is 1.52. The minimum atomic E-state index is -0.0108. The lowest BCUT2D eigenvalue weighted by Gasteiger charge is -2.38. The van der Waals surface area contributed by atoms with Gasteiger partial charge in [0.05, 0.1) is 17.1 Å². The number of aliphatic hydroxyl groups is 1. The molecule has 6 nitrogen and oxygen atoms in total. The van der Waals surface area contributed by atoms with Gasteiger partial charge < -0.3 is 14.9 Å². The standard InChI is InChI=1S/C22H30N4O2/c1-15-7-8-19-16(2)23-22(24-20(19)11-15)26-10-4-6-18(13-26)21(28)25-9-3-5-17(12-25)14-27/h7-8,11,17-18,27H,3-6,9-10,12-14H2,1-2H3. The summed E-state index contributed by atoms with van der Waals surface area (Å²) >= 11 is 0. The number of rotatable bonds is 3. The highest BCUT2D eigenvalue weighted by Gasteiger charge is 2.32. The van der Waals surface area contributed by atoms with E-state index in [-0.39, 0.29) is 24.3 Å². The zero-order chi connectivity index (χ0) is 19.7. The lowest BCUT2D eigenvalue weighted by Crippen LogP contribution is -2.48. The molecule has 2 atom stereocenters. The SMILES string of the molecule is Cc1ccc2c(C)nc(N3CCCC(C(=O)N4CCCC(CO)C4)C3)nc2c1. The predicted molar refractivity (Wildman–Crippen MR) is 110 cm³/mol. The predicted octanol–water partition coefficient (Wildman–Crippen LogP) is 2.69. The molecule has 0 saturated carbocycles. The van der Waals surface area contributed by atoms with Crippen molar-refractivity contribution in [2.75, 3.05) is 37.7 Å². The fourth-order valence-electron chi connectivity index (χ4n) is 4.56. The van der Waals surface area contributed by atoms with E-state index >= 15 is 0 Å². The topological polar surface area (TPSA) is 69.6 Å². The van der Waals surface area contributed by atoms with Crippen LogP contribution in [0.25, 0.3) is 10.9 Å². The molecule has 2 aliphatic heterocycles. The first-order valence-corrected chi connectivity index (χ1v) is 10.4. The molecule has 1 amide bonds. The Kier molecular flexibility index (Phi) is 5.49. The minimum Gasteiger partial charge on any atom is -0.396 e.